The van der Waals surface area contributed by atoms with Gasteiger partial charge in [0, 0.05) is 23.1 Å². The quantitative estimate of drug-likeness (QED) is 0.838. The third kappa shape index (κ3) is 1.58. The third-order valence-electron chi connectivity index (χ3n) is 1.70. The molecule has 5 heteroatoms. The molecule has 0 amide bonds. The molecule has 0 aliphatic carbocycles. The van der Waals surface area contributed by atoms with E-state index in [1.807, 2.05) is 0 Å². The molecule has 0 fully saturated rings. The Balaban J connectivity index is 2.69. The first-order valence-electron chi connectivity index (χ1n) is 3.93. The summed E-state index contributed by atoms with van der Waals surface area (Å²) in [6, 6.07) is 3.45. The van der Waals surface area contributed by atoms with Gasteiger partial charge in [-0.2, -0.15) is 0 Å². The lowest BCUT2D eigenvalue weighted by molar-refractivity contribution is 1.13. The summed E-state index contributed by atoms with van der Waals surface area (Å²) in [6.07, 6.45) is 4.77. The van der Waals surface area contributed by atoms with Crippen molar-refractivity contribution in [2.75, 3.05) is 0 Å². The minimum absolute atomic E-state index is 0.203. The van der Waals surface area contributed by atoms with Crippen LogP contribution in [0, 0.1) is 0 Å². The van der Waals surface area contributed by atoms with Gasteiger partial charge in [-0.05, 0) is 28.1 Å². The van der Waals surface area contributed by atoms with Crippen LogP contribution in [0.25, 0.3) is 11.4 Å². The van der Waals surface area contributed by atoms with Crippen LogP contribution in [0.4, 0.5) is 0 Å². The molecule has 0 bridgehead atoms. The van der Waals surface area contributed by atoms with E-state index in [1.54, 1.807) is 30.7 Å². The monoisotopic (exact) mass is 251 g/mol. The topological polar surface area (TPSA) is 58.6 Å². The van der Waals surface area contributed by atoms with E-state index >= 15 is 0 Å². The van der Waals surface area contributed by atoms with Crippen LogP contribution in [0.15, 0.2) is 40.0 Å². The van der Waals surface area contributed by atoms with Gasteiger partial charge in [-0.25, -0.2) is 9.97 Å². The fourth-order valence-electron chi connectivity index (χ4n) is 1.09. The first kappa shape index (κ1) is 9.08. The SMILES string of the molecule is O=c1[nH]ccc(Br)c1-c1ncccn1. The molecule has 2 heterocycles. The van der Waals surface area contributed by atoms with Crippen LogP contribution in [-0.2, 0) is 0 Å². The highest BCUT2D eigenvalue weighted by Crippen LogP contribution is 2.19. The number of hydrogen-bond acceptors (Lipinski definition) is 3. The standard InChI is InChI=1S/C9H6BrN3O/c10-6-2-5-13-9(14)7(6)8-11-3-1-4-12-8/h1-5H,(H,13,14). The summed E-state index contributed by atoms with van der Waals surface area (Å²) in [7, 11) is 0. The molecule has 1 N–H and O–H groups in total. The van der Waals surface area contributed by atoms with Crippen molar-refractivity contribution in [3.05, 3.63) is 45.5 Å². The van der Waals surface area contributed by atoms with E-state index in [1.165, 1.54) is 0 Å². The van der Waals surface area contributed by atoms with Gasteiger partial charge in [0.1, 0.15) is 0 Å². The van der Waals surface area contributed by atoms with Crippen molar-refractivity contribution in [1.29, 1.82) is 0 Å². The van der Waals surface area contributed by atoms with E-state index in [-0.39, 0.29) is 5.56 Å². The first-order valence-corrected chi connectivity index (χ1v) is 4.73. The Morgan fingerprint density at radius 3 is 2.64 bits per heavy atom. The summed E-state index contributed by atoms with van der Waals surface area (Å²) in [5.41, 5.74) is 0.249. The molecule has 0 aliphatic heterocycles. The molecular formula is C9H6BrN3O. The van der Waals surface area contributed by atoms with Crippen LogP contribution in [-0.4, -0.2) is 15.0 Å². The lowest BCUT2D eigenvalue weighted by Crippen LogP contribution is -2.09. The molecule has 0 aliphatic rings. The van der Waals surface area contributed by atoms with Gasteiger partial charge in [0.15, 0.2) is 5.82 Å². The van der Waals surface area contributed by atoms with E-state index in [2.05, 4.69) is 30.9 Å². The highest BCUT2D eigenvalue weighted by Gasteiger charge is 2.08. The van der Waals surface area contributed by atoms with Crippen LogP contribution < -0.4 is 5.56 Å². The van der Waals surface area contributed by atoms with Crippen molar-refractivity contribution >= 4 is 15.9 Å². The highest BCUT2D eigenvalue weighted by molar-refractivity contribution is 9.10. The summed E-state index contributed by atoms with van der Waals surface area (Å²) in [5.74, 6) is 0.418. The fourth-order valence-corrected chi connectivity index (χ4v) is 1.58. The molecule has 0 aromatic carbocycles. The van der Waals surface area contributed by atoms with Crippen molar-refractivity contribution in [3.63, 3.8) is 0 Å². The maximum Gasteiger partial charge on any atom is 0.260 e. The van der Waals surface area contributed by atoms with E-state index < -0.39 is 0 Å². The van der Waals surface area contributed by atoms with Gasteiger partial charge in [-0.15, -0.1) is 0 Å². The molecule has 14 heavy (non-hydrogen) atoms. The number of H-pyrrole nitrogens is 1. The minimum Gasteiger partial charge on any atom is -0.328 e. The number of nitrogens with one attached hydrogen (secondary N) is 1. The van der Waals surface area contributed by atoms with Crippen LogP contribution in [0.2, 0.25) is 0 Å². The normalized spacial score (nSPS) is 10.1. The van der Waals surface area contributed by atoms with Gasteiger partial charge in [0.05, 0.1) is 5.56 Å². The molecular weight excluding hydrogens is 246 g/mol. The Kier molecular flexibility index (Phi) is 2.41. The first-order chi connectivity index (χ1) is 6.79. The maximum atomic E-state index is 11.5. The molecule has 0 saturated heterocycles. The van der Waals surface area contributed by atoms with Crippen molar-refractivity contribution in [3.8, 4) is 11.4 Å². The predicted molar refractivity (Wildman–Crippen MR) is 55.8 cm³/mol. The lowest BCUT2D eigenvalue weighted by Gasteiger charge is -1.99. The van der Waals surface area contributed by atoms with Crippen LogP contribution in [0.1, 0.15) is 0 Å². The molecule has 2 aromatic rings. The van der Waals surface area contributed by atoms with Crippen LogP contribution in [0.3, 0.4) is 0 Å². The molecule has 4 nitrogen and oxygen atoms in total. The molecule has 0 atom stereocenters. The van der Waals surface area contributed by atoms with Gasteiger partial charge < -0.3 is 4.98 Å². The minimum atomic E-state index is -0.203. The molecule has 0 radical (unpaired) electrons. The average Bonchev–Trinajstić information content (AvgIpc) is 2.19. The Labute approximate surface area is 88.2 Å². The summed E-state index contributed by atoms with van der Waals surface area (Å²) in [6.45, 7) is 0. The largest absolute Gasteiger partial charge is 0.328 e. The summed E-state index contributed by atoms with van der Waals surface area (Å²) in [4.78, 5) is 22.1. The van der Waals surface area contributed by atoms with Gasteiger partial charge in [-0.1, -0.05) is 0 Å². The molecule has 2 aromatic heterocycles. The highest BCUT2D eigenvalue weighted by atomic mass is 79.9. The number of aromatic nitrogens is 3. The van der Waals surface area contributed by atoms with Gasteiger partial charge in [0.2, 0.25) is 0 Å². The smallest absolute Gasteiger partial charge is 0.260 e. The number of aromatic amines is 1. The van der Waals surface area contributed by atoms with Gasteiger partial charge in [0.25, 0.3) is 5.56 Å². The second-order valence-electron chi connectivity index (χ2n) is 2.60. The number of hydrogen-bond donors (Lipinski definition) is 1. The Bertz CT molecular complexity index is 495. The second kappa shape index (κ2) is 3.71. The van der Waals surface area contributed by atoms with Crippen LogP contribution >= 0.6 is 15.9 Å². The Hall–Kier alpha value is -1.49. The predicted octanol–water partition coefficient (Wildman–Crippen LogP) is 1.59. The molecule has 70 valence electrons. The zero-order valence-corrected chi connectivity index (χ0v) is 8.65. The van der Waals surface area contributed by atoms with Crippen molar-refractivity contribution in [2.24, 2.45) is 0 Å². The summed E-state index contributed by atoms with van der Waals surface area (Å²) in [5, 5.41) is 0. The third-order valence-corrected chi connectivity index (χ3v) is 2.36. The molecule has 0 saturated carbocycles. The summed E-state index contributed by atoms with van der Waals surface area (Å²) < 4.78 is 0.687. The Morgan fingerprint density at radius 1 is 1.29 bits per heavy atom. The molecule has 0 spiro atoms. The Morgan fingerprint density at radius 2 is 2.00 bits per heavy atom. The molecule has 0 unspecified atom stereocenters. The van der Waals surface area contributed by atoms with Crippen LogP contribution in [0.5, 0.6) is 0 Å². The van der Waals surface area contributed by atoms with Crippen molar-refractivity contribution in [1.82, 2.24) is 15.0 Å². The van der Waals surface area contributed by atoms with Gasteiger partial charge >= 0.3 is 0 Å². The average molecular weight is 252 g/mol. The van der Waals surface area contributed by atoms with E-state index in [4.69, 9.17) is 0 Å². The maximum absolute atomic E-state index is 11.5. The number of halogens is 1. The second-order valence-corrected chi connectivity index (χ2v) is 3.46. The summed E-state index contributed by atoms with van der Waals surface area (Å²) >= 11 is 3.28. The van der Waals surface area contributed by atoms with Crippen molar-refractivity contribution in [2.45, 2.75) is 0 Å². The fraction of sp³-hybridized carbons (Fsp3) is 0. The van der Waals surface area contributed by atoms with E-state index in [9.17, 15) is 4.79 Å². The van der Waals surface area contributed by atoms with Gasteiger partial charge in [-0.3, -0.25) is 4.79 Å². The molecule has 2 rings (SSSR count). The number of nitrogens with zero attached hydrogens (tertiary/aromatic N) is 2. The zero-order chi connectivity index (χ0) is 9.97. The lowest BCUT2D eigenvalue weighted by atomic mass is 10.2. The number of rotatable bonds is 1. The zero-order valence-electron chi connectivity index (χ0n) is 7.07. The number of pyridine rings is 1. The van der Waals surface area contributed by atoms with E-state index in [0.717, 1.165) is 0 Å². The van der Waals surface area contributed by atoms with Crippen molar-refractivity contribution < 1.29 is 0 Å². The van der Waals surface area contributed by atoms with E-state index in [0.29, 0.717) is 15.9 Å².